The highest BCUT2D eigenvalue weighted by Crippen LogP contribution is 2.30. The second-order valence-corrected chi connectivity index (χ2v) is 24.3. The maximum atomic E-state index is 13.3. The Morgan fingerprint density at radius 1 is 0.432 bits per heavy atom. The van der Waals surface area contributed by atoms with Gasteiger partial charge >= 0.3 is 0 Å². The van der Waals surface area contributed by atoms with E-state index in [4.69, 9.17) is 18.9 Å². The molecule has 2 heterocycles. The maximum absolute atomic E-state index is 13.3. The van der Waals surface area contributed by atoms with E-state index in [1.54, 1.807) is 6.08 Å². The highest BCUT2D eigenvalue weighted by molar-refractivity contribution is 5.76. The van der Waals surface area contributed by atoms with E-state index in [1.807, 2.05) is 6.08 Å². The molecule has 0 bridgehead atoms. The smallest absolute Gasteiger partial charge is 0.220 e. The van der Waals surface area contributed by atoms with Gasteiger partial charge < -0.3 is 65.1 Å². The van der Waals surface area contributed by atoms with Gasteiger partial charge in [0.05, 0.1) is 32.0 Å². The number of hydrogen-bond acceptors (Lipinski definition) is 13. The Labute approximate surface area is 494 Å². The predicted octanol–water partition coefficient (Wildman–Crippen LogP) is 13.2. The van der Waals surface area contributed by atoms with E-state index in [1.165, 1.54) is 238 Å². The molecule has 0 aromatic rings. The van der Waals surface area contributed by atoms with Gasteiger partial charge in [0.1, 0.15) is 48.8 Å². The Balaban J connectivity index is 1.66. The summed E-state index contributed by atoms with van der Waals surface area (Å²) >= 11 is 0. The summed E-state index contributed by atoms with van der Waals surface area (Å²) in [4.78, 5) is 13.3. The highest BCUT2D eigenvalue weighted by atomic mass is 16.7. The van der Waals surface area contributed by atoms with Crippen LogP contribution in [0.4, 0.5) is 0 Å². The molecular formula is C67H127NO13. The van der Waals surface area contributed by atoms with E-state index in [2.05, 4.69) is 31.3 Å². The molecular weight excluding hydrogens is 1030 g/mol. The average Bonchev–Trinajstić information content (AvgIpc) is 3.63. The average molecular weight is 1150 g/mol. The van der Waals surface area contributed by atoms with Crippen molar-refractivity contribution >= 4 is 5.91 Å². The van der Waals surface area contributed by atoms with Crippen molar-refractivity contribution in [3.8, 4) is 0 Å². The van der Waals surface area contributed by atoms with Crippen molar-refractivity contribution in [3.05, 3.63) is 24.3 Å². The molecule has 2 fully saturated rings. The summed E-state index contributed by atoms with van der Waals surface area (Å²) in [6.45, 7) is 2.82. The second-order valence-electron chi connectivity index (χ2n) is 24.3. The molecule has 12 atom stereocenters. The molecule has 0 spiro atoms. The van der Waals surface area contributed by atoms with E-state index in [-0.39, 0.29) is 18.9 Å². The number of carbonyl (C=O) groups excluding carboxylic acids is 1. The lowest BCUT2D eigenvalue weighted by Gasteiger charge is -2.46. The quantitative estimate of drug-likeness (QED) is 0.0204. The molecule has 0 aromatic heterocycles. The SMILES string of the molecule is CCCCCCCCCCCCC/C=C/CC/C=C/C(O)C(COC1OC(CO)C(OC2OC(CO)C(O)C(O)C2O)C(O)C1O)NC(=O)CCCCCCCCCCCCCCCCCCCCCCCCCCCCCCCC. The number of amides is 1. The molecule has 12 unspecified atom stereocenters. The van der Waals surface area contributed by atoms with Crippen LogP contribution < -0.4 is 5.32 Å². The van der Waals surface area contributed by atoms with E-state index in [9.17, 15) is 45.6 Å². The molecule has 2 aliphatic heterocycles. The summed E-state index contributed by atoms with van der Waals surface area (Å²) in [5, 5.41) is 87.2. The third-order valence-electron chi connectivity index (χ3n) is 16.9. The minimum absolute atomic E-state index is 0.243. The van der Waals surface area contributed by atoms with Gasteiger partial charge in [-0.3, -0.25) is 4.79 Å². The van der Waals surface area contributed by atoms with Crippen LogP contribution in [-0.2, 0) is 23.7 Å². The van der Waals surface area contributed by atoms with Crippen molar-refractivity contribution in [2.45, 2.75) is 376 Å². The molecule has 478 valence electrons. The normalized spacial score (nSPS) is 24.2. The highest BCUT2D eigenvalue weighted by Gasteiger charge is 2.51. The second kappa shape index (κ2) is 52.8. The van der Waals surface area contributed by atoms with Crippen molar-refractivity contribution in [3.63, 3.8) is 0 Å². The molecule has 1 amide bonds. The number of aliphatic hydroxyl groups is 8. The number of allylic oxidation sites excluding steroid dienone is 3. The van der Waals surface area contributed by atoms with Gasteiger partial charge in [0.15, 0.2) is 12.6 Å². The monoisotopic (exact) mass is 1150 g/mol. The zero-order chi connectivity index (χ0) is 58.8. The van der Waals surface area contributed by atoms with Gasteiger partial charge in [-0.1, -0.05) is 289 Å². The number of nitrogens with one attached hydrogen (secondary N) is 1. The van der Waals surface area contributed by atoms with Gasteiger partial charge in [0, 0.05) is 6.42 Å². The van der Waals surface area contributed by atoms with E-state index >= 15 is 0 Å². The van der Waals surface area contributed by atoms with Crippen LogP contribution in [0, 0.1) is 0 Å². The maximum Gasteiger partial charge on any atom is 0.220 e. The van der Waals surface area contributed by atoms with Gasteiger partial charge in [0.25, 0.3) is 0 Å². The Hall–Kier alpha value is -1.53. The fraction of sp³-hybridized carbons (Fsp3) is 0.925. The van der Waals surface area contributed by atoms with Gasteiger partial charge in [-0.2, -0.15) is 0 Å². The third-order valence-corrected chi connectivity index (χ3v) is 16.9. The Kier molecular flexibility index (Phi) is 49.2. The Morgan fingerprint density at radius 2 is 0.790 bits per heavy atom. The van der Waals surface area contributed by atoms with Crippen LogP contribution in [0.3, 0.4) is 0 Å². The topological polar surface area (TPSA) is 228 Å². The fourth-order valence-corrected chi connectivity index (χ4v) is 11.4. The molecule has 14 heteroatoms. The van der Waals surface area contributed by atoms with Crippen molar-refractivity contribution in [1.82, 2.24) is 5.32 Å². The number of aliphatic hydroxyl groups excluding tert-OH is 8. The summed E-state index contributed by atoms with van der Waals surface area (Å²) in [5.41, 5.74) is 0. The molecule has 0 aliphatic carbocycles. The lowest BCUT2D eigenvalue weighted by molar-refractivity contribution is -0.359. The van der Waals surface area contributed by atoms with E-state index < -0.39 is 86.8 Å². The minimum Gasteiger partial charge on any atom is -0.394 e. The summed E-state index contributed by atoms with van der Waals surface area (Å²) in [5.74, 6) is -0.243. The van der Waals surface area contributed by atoms with E-state index in [0.717, 1.165) is 32.1 Å². The molecule has 2 rings (SSSR count). The van der Waals surface area contributed by atoms with Crippen molar-refractivity contribution < 1.29 is 64.6 Å². The third kappa shape index (κ3) is 37.6. The summed E-state index contributed by atoms with van der Waals surface area (Å²) in [7, 11) is 0. The summed E-state index contributed by atoms with van der Waals surface area (Å²) in [6.07, 6.45) is 48.2. The number of ether oxygens (including phenoxy) is 4. The molecule has 0 aromatic carbocycles. The molecule has 2 saturated heterocycles. The zero-order valence-electron chi connectivity index (χ0n) is 51.8. The Bertz CT molecular complexity index is 1450. The number of hydrogen-bond donors (Lipinski definition) is 9. The van der Waals surface area contributed by atoms with Crippen LogP contribution in [0.25, 0.3) is 0 Å². The first kappa shape index (κ1) is 75.6. The molecule has 14 nitrogen and oxygen atoms in total. The zero-order valence-corrected chi connectivity index (χ0v) is 51.8. The van der Waals surface area contributed by atoms with Crippen LogP contribution in [-0.4, -0.2) is 140 Å². The van der Waals surface area contributed by atoms with Gasteiger partial charge in [-0.25, -0.2) is 0 Å². The van der Waals surface area contributed by atoms with Crippen molar-refractivity contribution in [1.29, 1.82) is 0 Å². The number of unbranched alkanes of at least 4 members (excludes halogenated alkanes) is 41. The van der Waals surface area contributed by atoms with Gasteiger partial charge in [-0.15, -0.1) is 0 Å². The van der Waals surface area contributed by atoms with Crippen molar-refractivity contribution in [2.24, 2.45) is 0 Å². The summed E-state index contributed by atoms with van der Waals surface area (Å²) < 4.78 is 22.8. The fourth-order valence-electron chi connectivity index (χ4n) is 11.4. The largest absolute Gasteiger partial charge is 0.394 e. The van der Waals surface area contributed by atoms with Gasteiger partial charge in [0.2, 0.25) is 5.91 Å². The van der Waals surface area contributed by atoms with Crippen LogP contribution in [0.2, 0.25) is 0 Å². The first-order valence-corrected chi connectivity index (χ1v) is 34.1. The van der Waals surface area contributed by atoms with Gasteiger partial charge in [-0.05, 0) is 32.1 Å². The number of rotatable bonds is 56. The molecule has 81 heavy (non-hydrogen) atoms. The molecule has 2 aliphatic rings. The first-order chi connectivity index (χ1) is 39.6. The minimum atomic E-state index is -1.79. The standard InChI is InChI=1S/C67H127NO13/c1-3-5-7-9-11-13-15-17-19-21-22-23-24-25-26-27-28-29-30-31-32-33-35-37-39-41-43-45-47-49-51-59(72)68-55(56(71)50-48-46-44-42-40-38-36-34-20-18-16-14-12-10-8-6-4-2)54-78-66-64(77)62(75)65(58(53-70)80-66)81-67-63(76)61(74)60(73)57(52-69)79-67/h40,42,48,50,55-58,60-67,69-71,73-77H,3-39,41,43-47,49,51-54H2,1-2H3,(H,68,72)/b42-40+,50-48+. The lowest BCUT2D eigenvalue weighted by Crippen LogP contribution is -2.65. The molecule has 9 N–H and O–H groups in total. The molecule has 0 radical (unpaired) electrons. The lowest BCUT2D eigenvalue weighted by atomic mass is 9.97. The van der Waals surface area contributed by atoms with Crippen molar-refractivity contribution in [2.75, 3.05) is 19.8 Å². The van der Waals surface area contributed by atoms with E-state index in [0.29, 0.717) is 12.8 Å². The first-order valence-electron chi connectivity index (χ1n) is 34.1. The van der Waals surface area contributed by atoms with Crippen LogP contribution in [0.1, 0.15) is 303 Å². The van der Waals surface area contributed by atoms with Crippen LogP contribution >= 0.6 is 0 Å². The van der Waals surface area contributed by atoms with Crippen LogP contribution in [0.5, 0.6) is 0 Å². The Morgan fingerprint density at radius 3 is 1.21 bits per heavy atom. The number of carbonyl (C=O) groups is 1. The molecule has 0 saturated carbocycles. The predicted molar refractivity (Wildman–Crippen MR) is 328 cm³/mol. The van der Waals surface area contributed by atoms with Crippen LogP contribution in [0.15, 0.2) is 24.3 Å². The summed E-state index contributed by atoms with van der Waals surface area (Å²) in [6, 6.07) is -0.928.